The van der Waals surface area contributed by atoms with Crippen molar-refractivity contribution in [1.29, 1.82) is 0 Å². The molecule has 0 saturated heterocycles. The second kappa shape index (κ2) is 5.65. The van der Waals surface area contributed by atoms with Gasteiger partial charge in [0.05, 0.1) is 13.7 Å². The molecule has 0 aliphatic rings. The summed E-state index contributed by atoms with van der Waals surface area (Å²) in [5.74, 6) is 0.785. The number of nitrogens with zero attached hydrogens (tertiary/aromatic N) is 2. The molecule has 0 bridgehead atoms. The monoisotopic (exact) mass is 324 g/mol. The van der Waals surface area contributed by atoms with Crippen LogP contribution in [0.2, 0.25) is 0 Å². The van der Waals surface area contributed by atoms with Crippen LogP contribution in [0.4, 0.5) is 0 Å². The number of rotatable bonds is 4. The lowest BCUT2D eigenvalue weighted by atomic mass is 10.2. The van der Waals surface area contributed by atoms with Crippen LogP contribution in [0.1, 0.15) is 25.5 Å². The quantitative estimate of drug-likeness (QED) is 0.866. The molecule has 102 valence electrons. The van der Waals surface area contributed by atoms with Gasteiger partial charge in [0.25, 0.3) is 0 Å². The molecule has 2 rings (SSSR count). The lowest BCUT2D eigenvalue weighted by Gasteiger charge is -2.09. The minimum atomic E-state index is -0.00275. The van der Waals surface area contributed by atoms with Crippen molar-refractivity contribution in [3.05, 3.63) is 51.1 Å². The van der Waals surface area contributed by atoms with Gasteiger partial charge in [0.15, 0.2) is 0 Å². The van der Waals surface area contributed by atoms with Crippen molar-refractivity contribution in [2.45, 2.75) is 26.4 Å². The molecule has 4 nitrogen and oxygen atoms in total. The molecule has 1 aromatic carbocycles. The zero-order valence-electron chi connectivity index (χ0n) is 11.3. The summed E-state index contributed by atoms with van der Waals surface area (Å²) < 4.78 is 9.69. The number of halogens is 1. The molecule has 0 unspecified atom stereocenters. The molecule has 0 spiro atoms. The summed E-state index contributed by atoms with van der Waals surface area (Å²) in [6.45, 7) is 4.48. The van der Waals surface area contributed by atoms with E-state index in [0.717, 1.165) is 15.8 Å². The molecule has 0 saturated carbocycles. The largest absolute Gasteiger partial charge is 0.496 e. The maximum Gasteiger partial charge on any atom is 0.328 e. The van der Waals surface area contributed by atoms with Gasteiger partial charge in [-0.2, -0.15) is 0 Å². The molecule has 0 radical (unpaired) electrons. The van der Waals surface area contributed by atoms with E-state index in [-0.39, 0.29) is 11.7 Å². The number of hydrogen-bond donors (Lipinski definition) is 0. The predicted molar refractivity (Wildman–Crippen MR) is 78.9 cm³/mol. The van der Waals surface area contributed by atoms with Crippen molar-refractivity contribution in [2.24, 2.45) is 0 Å². The summed E-state index contributed by atoms with van der Waals surface area (Å²) in [4.78, 5) is 12.2. The van der Waals surface area contributed by atoms with Gasteiger partial charge in [-0.05, 0) is 32.0 Å². The molecule has 0 atom stereocenters. The van der Waals surface area contributed by atoms with Crippen LogP contribution in [0, 0.1) is 0 Å². The first-order valence-electron chi connectivity index (χ1n) is 6.12. The first-order chi connectivity index (χ1) is 9.02. The van der Waals surface area contributed by atoms with Crippen LogP contribution in [0.25, 0.3) is 0 Å². The molecule has 19 heavy (non-hydrogen) atoms. The lowest BCUT2D eigenvalue weighted by Crippen LogP contribution is -2.25. The highest BCUT2D eigenvalue weighted by atomic mass is 79.9. The van der Waals surface area contributed by atoms with Crippen LogP contribution in [0.5, 0.6) is 5.75 Å². The summed E-state index contributed by atoms with van der Waals surface area (Å²) >= 11 is 3.44. The van der Waals surface area contributed by atoms with E-state index in [4.69, 9.17) is 4.74 Å². The van der Waals surface area contributed by atoms with Crippen LogP contribution in [-0.2, 0) is 6.54 Å². The van der Waals surface area contributed by atoms with Gasteiger partial charge in [-0.15, -0.1) is 0 Å². The Labute approximate surface area is 120 Å². The van der Waals surface area contributed by atoms with Crippen LogP contribution in [0.15, 0.2) is 39.9 Å². The smallest absolute Gasteiger partial charge is 0.328 e. The van der Waals surface area contributed by atoms with E-state index in [1.165, 1.54) is 0 Å². The van der Waals surface area contributed by atoms with Crippen LogP contribution in [-0.4, -0.2) is 16.2 Å². The normalized spacial score (nSPS) is 11.0. The van der Waals surface area contributed by atoms with Crippen molar-refractivity contribution in [1.82, 2.24) is 9.13 Å². The Kier molecular flexibility index (Phi) is 4.14. The molecule has 2 aromatic rings. The van der Waals surface area contributed by atoms with Crippen molar-refractivity contribution in [2.75, 3.05) is 7.11 Å². The van der Waals surface area contributed by atoms with E-state index in [1.54, 1.807) is 16.2 Å². The van der Waals surface area contributed by atoms with E-state index >= 15 is 0 Å². The lowest BCUT2D eigenvalue weighted by molar-refractivity contribution is 0.408. The molecule has 0 fully saturated rings. The molecular formula is C14H17BrN2O2. The molecule has 0 aliphatic carbocycles. The molecule has 1 aromatic heterocycles. The highest BCUT2D eigenvalue weighted by molar-refractivity contribution is 9.10. The zero-order valence-corrected chi connectivity index (χ0v) is 12.8. The summed E-state index contributed by atoms with van der Waals surface area (Å²) in [7, 11) is 1.63. The topological polar surface area (TPSA) is 36.2 Å². The molecule has 0 amide bonds. The first-order valence-corrected chi connectivity index (χ1v) is 6.92. The van der Waals surface area contributed by atoms with Gasteiger partial charge in [0.2, 0.25) is 0 Å². The number of ether oxygens (including phenoxy) is 1. The number of imidazole rings is 1. The molecule has 5 heteroatoms. The number of benzene rings is 1. The van der Waals surface area contributed by atoms with Gasteiger partial charge in [-0.1, -0.05) is 15.9 Å². The fourth-order valence-electron chi connectivity index (χ4n) is 2.00. The summed E-state index contributed by atoms with van der Waals surface area (Å²) in [6, 6.07) is 5.95. The third-order valence-electron chi connectivity index (χ3n) is 3.01. The molecule has 1 heterocycles. The summed E-state index contributed by atoms with van der Waals surface area (Å²) in [6.07, 6.45) is 3.63. The van der Waals surface area contributed by atoms with Crippen LogP contribution in [0.3, 0.4) is 0 Å². The standard InChI is InChI=1S/C14H17BrN2O2/c1-10(2)17-7-6-16(14(17)18)9-11-8-12(15)4-5-13(11)19-3/h4-8,10H,9H2,1-3H3. The van der Waals surface area contributed by atoms with Crippen molar-refractivity contribution >= 4 is 15.9 Å². The minimum Gasteiger partial charge on any atom is -0.496 e. The van der Waals surface area contributed by atoms with E-state index < -0.39 is 0 Å². The Balaban J connectivity index is 2.36. The van der Waals surface area contributed by atoms with Crippen LogP contribution < -0.4 is 10.4 Å². The SMILES string of the molecule is COc1ccc(Br)cc1Cn1ccn(C(C)C)c1=O. The van der Waals surface area contributed by atoms with Gasteiger partial charge in [0.1, 0.15) is 5.75 Å². The third-order valence-corrected chi connectivity index (χ3v) is 3.51. The van der Waals surface area contributed by atoms with Gasteiger partial charge in [-0.25, -0.2) is 4.79 Å². The van der Waals surface area contributed by atoms with Gasteiger partial charge < -0.3 is 4.74 Å². The second-order valence-electron chi connectivity index (χ2n) is 4.67. The Morgan fingerprint density at radius 3 is 2.63 bits per heavy atom. The average Bonchev–Trinajstić information content (AvgIpc) is 2.71. The van der Waals surface area contributed by atoms with E-state index in [1.807, 2.05) is 44.4 Å². The predicted octanol–water partition coefficient (Wildman–Crippen LogP) is 3.05. The number of hydrogen-bond acceptors (Lipinski definition) is 2. The Morgan fingerprint density at radius 1 is 1.32 bits per heavy atom. The van der Waals surface area contributed by atoms with Crippen molar-refractivity contribution in [3.8, 4) is 5.75 Å². The maximum atomic E-state index is 12.2. The van der Waals surface area contributed by atoms with Crippen molar-refractivity contribution in [3.63, 3.8) is 0 Å². The van der Waals surface area contributed by atoms with E-state index in [9.17, 15) is 4.79 Å². The van der Waals surface area contributed by atoms with Gasteiger partial charge in [0, 0.05) is 28.5 Å². The Morgan fingerprint density at radius 2 is 2.05 bits per heavy atom. The molecule has 0 N–H and O–H groups in total. The fourth-order valence-corrected chi connectivity index (χ4v) is 2.40. The van der Waals surface area contributed by atoms with Crippen molar-refractivity contribution < 1.29 is 4.74 Å². The summed E-state index contributed by atoms with van der Waals surface area (Å²) in [5.41, 5.74) is 0.970. The van der Waals surface area contributed by atoms with E-state index in [0.29, 0.717) is 6.54 Å². The number of methoxy groups -OCH3 is 1. The molecule has 0 aliphatic heterocycles. The summed E-state index contributed by atoms with van der Waals surface area (Å²) in [5, 5.41) is 0. The fraction of sp³-hybridized carbons (Fsp3) is 0.357. The Bertz CT molecular complexity index is 629. The Hall–Kier alpha value is -1.49. The third kappa shape index (κ3) is 2.92. The number of aromatic nitrogens is 2. The van der Waals surface area contributed by atoms with Gasteiger partial charge in [-0.3, -0.25) is 9.13 Å². The van der Waals surface area contributed by atoms with Crippen LogP contribution >= 0.6 is 15.9 Å². The molecular weight excluding hydrogens is 308 g/mol. The zero-order chi connectivity index (χ0) is 14.0. The van der Waals surface area contributed by atoms with E-state index in [2.05, 4.69) is 15.9 Å². The highest BCUT2D eigenvalue weighted by Gasteiger charge is 2.09. The minimum absolute atomic E-state index is 0.00275. The first kappa shape index (κ1) is 13.9. The second-order valence-corrected chi connectivity index (χ2v) is 5.58. The highest BCUT2D eigenvalue weighted by Crippen LogP contribution is 2.23. The average molecular weight is 325 g/mol. The van der Waals surface area contributed by atoms with Gasteiger partial charge >= 0.3 is 5.69 Å². The maximum absolute atomic E-state index is 12.2.